The largest absolute Gasteiger partial charge is 0.393 e. The van der Waals surface area contributed by atoms with Gasteiger partial charge in [0.1, 0.15) is 0 Å². The minimum absolute atomic E-state index is 0.133. The Labute approximate surface area is 205 Å². The first kappa shape index (κ1) is 22.0. The molecule has 2 atom stereocenters. The van der Waals surface area contributed by atoms with E-state index in [1.165, 1.54) is 10.7 Å². The van der Waals surface area contributed by atoms with Crippen LogP contribution in [0.2, 0.25) is 0 Å². The lowest BCUT2D eigenvalue weighted by molar-refractivity contribution is 0.182. The highest BCUT2D eigenvalue weighted by molar-refractivity contribution is 5.72. The molecule has 12 heteroatoms. The normalized spacial score (nSPS) is 17.6. The molecule has 1 aliphatic rings. The van der Waals surface area contributed by atoms with Crippen molar-refractivity contribution in [3.05, 3.63) is 71.5 Å². The number of fused-ring (bicyclic) bond motifs is 1. The highest BCUT2D eigenvalue weighted by atomic mass is 16.3. The van der Waals surface area contributed by atoms with Crippen molar-refractivity contribution in [3.8, 4) is 16.8 Å². The number of nitrogens with one attached hydrogen (secondary N) is 1. The van der Waals surface area contributed by atoms with Crippen LogP contribution in [0.4, 0.5) is 5.95 Å². The number of aliphatic hydroxyl groups excluding tert-OH is 1. The van der Waals surface area contributed by atoms with Crippen LogP contribution in [0, 0.1) is 0 Å². The van der Waals surface area contributed by atoms with Crippen molar-refractivity contribution in [1.82, 2.24) is 44.5 Å². The second-order valence-electron chi connectivity index (χ2n) is 8.84. The molecule has 2 N–H and O–H groups in total. The van der Waals surface area contributed by atoms with Gasteiger partial charge >= 0.3 is 0 Å². The zero-order chi connectivity index (χ0) is 24.5. The Bertz CT molecular complexity index is 1560. The Morgan fingerprint density at radius 2 is 1.92 bits per heavy atom. The Kier molecular flexibility index (Phi) is 5.70. The van der Waals surface area contributed by atoms with Gasteiger partial charge in [0, 0.05) is 30.1 Å². The first-order valence-electron chi connectivity index (χ1n) is 11.8. The second kappa shape index (κ2) is 9.30. The maximum absolute atomic E-state index is 11.8. The molecule has 0 bridgehead atoms. The molecule has 2 unspecified atom stereocenters. The molecule has 0 saturated heterocycles. The van der Waals surface area contributed by atoms with E-state index in [1.54, 1.807) is 34.0 Å². The van der Waals surface area contributed by atoms with E-state index in [1.807, 2.05) is 30.5 Å². The first-order chi connectivity index (χ1) is 17.6. The van der Waals surface area contributed by atoms with E-state index in [2.05, 4.69) is 35.8 Å². The Morgan fingerprint density at radius 1 is 1.03 bits per heavy atom. The molecule has 0 radical (unpaired) electrons. The maximum Gasteiger partial charge on any atom is 0.266 e. The summed E-state index contributed by atoms with van der Waals surface area (Å²) in [5.41, 5.74) is 3.86. The van der Waals surface area contributed by atoms with Crippen LogP contribution >= 0.6 is 0 Å². The number of anilines is 1. The maximum atomic E-state index is 11.8. The molecule has 1 fully saturated rings. The molecule has 4 aromatic heterocycles. The van der Waals surface area contributed by atoms with Gasteiger partial charge in [0.25, 0.3) is 5.56 Å². The van der Waals surface area contributed by atoms with Gasteiger partial charge in [-0.3, -0.25) is 9.48 Å². The van der Waals surface area contributed by atoms with Crippen LogP contribution < -0.4 is 10.9 Å². The number of nitrogens with zero attached hydrogens (tertiary/aromatic N) is 9. The van der Waals surface area contributed by atoms with Crippen LogP contribution in [0.3, 0.4) is 0 Å². The zero-order valence-corrected chi connectivity index (χ0v) is 19.3. The van der Waals surface area contributed by atoms with Crippen LogP contribution in [0.15, 0.2) is 66.0 Å². The highest BCUT2D eigenvalue weighted by Gasteiger charge is 2.23. The third kappa shape index (κ3) is 4.45. The van der Waals surface area contributed by atoms with Crippen LogP contribution in [-0.4, -0.2) is 61.8 Å². The number of hydrogen-bond donors (Lipinski definition) is 2. The predicted octanol–water partition coefficient (Wildman–Crippen LogP) is 1.66. The van der Waals surface area contributed by atoms with Gasteiger partial charge in [-0.1, -0.05) is 17.3 Å². The lowest BCUT2D eigenvalue weighted by Gasteiger charge is -2.11. The van der Waals surface area contributed by atoms with E-state index >= 15 is 0 Å². The van der Waals surface area contributed by atoms with Crippen LogP contribution in [0.5, 0.6) is 0 Å². The van der Waals surface area contributed by atoms with Gasteiger partial charge in [-0.25, -0.2) is 9.67 Å². The first-order valence-corrected chi connectivity index (χ1v) is 11.8. The van der Waals surface area contributed by atoms with E-state index in [9.17, 15) is 9.90 Å². The number of hydrogen-bond acceptors (Lipinski definition) is 9. The fourth-order valence-electron chi connectivity index (χ4n) is 4.43. The quantitative estimate of drug-likeness (QED) is 0.353. The summed E-state index contributed by atoms with van der Waals surface area (Å²) in [4.78, 5) is 20.8. The van der Waals surface area contributed by atoms with E-state index in [-0.39, 0.29) is 17.7 Å². The number of rotatable bonds is 7. The van der Waals surface area contributed by atoms with E-state index in [0.29, 0.717) is 36.6 Å². The van der Waals surface area contributed by atoms with E-state index in [4.69, 9.17) is 0 Å². The Morgan fingerprint density at radius 3 is 2.72 bits per heavy atom. The van der Waals surface area contributed by atoms with E-state index < -0.39 is 0 Å². The van der Waals surface area contributed by atoms with Gasteiger partial charge in [-0.15, -0.1) is 5.10 Å². The van der Waals surface area contributed by atoms with Gasteiger partial charge < -0.3 is 10.4 Å². The molecule has 1 aliphatic carbocycles. The van der Waals surface area contributed by atoms with Crippen LogP contribution in [0.1, 0.15) is 19.3 Å². The smallest absolute Gasteiger partial charge is 0.266 e. The molecule has 6 rings (SSSR count). The van der Waals surface area contributed by atoms with Gasteiger partial charge in [-0.2, -0.15) is 19.9 Å². The molecule has 5 aromatic rings. The minimum Gasteiger partial charge on any atom is -0.393 e. The van der Waals surface area contributed by atoms with Crippen molar-refractivity contribution in [2.75, 3.05) is 5.32 Å². The van der Waals surface area contributed by atoms with Crippen molar-refractivity contribution in [1.29, 1.82) is 0 Å². The molecule has 36 heavy (non-hydrogen) atoms. The van der Waals surface area contributed by atoms with Crippen molar-refractivity contribution in [2.45, 2.75) is 44.5 Å². The van der Waals surface area contributed by atoms with Gasteiger partial charge in [0.15, 0.2) is 11.2 Å². The average molecular weight is 485 g/mol. The molecule has 0 aliphatic heterocycles. The third-order valence-electron chi connectivity index (χ3n) is 6.34. The summed E-state index contributed by atoms with van der Waals surface area (Å²) in [5.74, 6) is 0.502. The highest BCUT2D eigenvalue weighted by Crippen LogP contribution is 2.24. The molecule has 1 saturated carbocycles. The standard InChI is InChI=1S/C24H24N10O2/c35-20-8-5-18(12-20)28-24-25-14-21-23(29-24)34(31-30-21)19-6-3-16(4-7-19)17-13-27-32(15-17)10-11-33-22(36)2-1-9-26-33/h1-4,6-7,9,13-15,18,20,35H,5,8,10-12H2,(H,25,28,29). The number of aliphatic hydroxyl groups is 1. The van der Waals surface area contributed by atoms with Crippen LogP contribution in [0.25, 0.3) is 28.0 Å². The van der Waals surface area contributed by atoms with E-state index in [0.717, 1.165) is 29.7 Å². The van der Waals surface area contributed by atoms with Crippen molar-refractivity contribution in [3.63, 3.8) is 0 Å². The third-order valence-corrected chi connectivity index (χ3v) is 6.34. The summed E-state index contributed by atoms with van der Waals surface area (Å²) in [6.07, 6.45) is 9.09. The molecular formula is C24H24N10O2. The number of aryl methyl sites for hydroxylation is 2. The second-order valence-corrected chi connectivity index (χ2v) is 8.84. The molecule has 4 heterocycles. The molecular weight excluding hydrogens is 460 g/mol. The van der Waals surface area contributed by atoms with Gasteiger partial charge in [0.2, 0.25) is 5.95 Å². The predicted molar refractivity (Wildman–Crippen MR) is 131 cm³/mol. The lowest BCUT2D eigenvalue weighted by Crippen LogP contribution is -2.23. The number of benzene rings is 1. The zero-order valence-electron chi connectivity index (χ0n) is 19.3. The molecule has 0 amide bonds. The van der Waals surface area contributed by atoms with Gasteiger partial charge in [-0.05, 0) is 43.0 Å². The fourth-order valence-corrected chi connectivity index (χ4v) is 4.43. The van der Waals surface area contributed by atoms with Crippen LogP contribution in [-0.2, 0) is 13.1 Å². The lowest BCUT2D eigenvalue weighted by atomic mass is 10.1. The average Bonchev–Trinajstić information content (AvgIpc) is 3.64. The summed E-state index contributed by atoms with van der Waals surface area (Å²) < 4.78 is 4.90. The molecule has 182 valence electrons. The Balaban J connectivity index is 1.18. The summed E-state index contributed by atoms with van der Waals surface area (Å²) in [6, 6.07) is 11.2. The molecule has 1 aromatic carbocycles. The van der Waals surface area contributed by atoms with Gasteiger partial charge in [0.05, 0.1) is 37.3 Å². The summed E-state index contributed by atoms with van der Waals surface area (Å²) in [6.45, 7) is 0.981. The summed E-state index contributed by atoms with van der Waals surface area (Å²) in [7, 11) is 0. The topological polar surface area (TPSA) is 141 Å². The molecule has 12 nitrogen and oxygen atoms in total. The summed E-state index contributed by atoms with van der Waals surface area (Å²) in [5, 5.41) is 30.0. The van der Waals surface area contributed by atoms with Crippen molar-refractivity contribution >= 4 is 17.1 Å². The van der Waals surface area contributed by atoms with Crippen molar-refractivity contribution < 1.29 is 5.11 Å². The van der Waals surface area contributed by atoms with Crippen molar-refractivity contribution in [2.24, 2.45) is 0 Å². The minimum atomic E-state index is -0.269. The summed E-state index contributed by atoms with van der Waals surface area (Å²) >= 11 is 0. The Hall–Kier alpha value is -4.45. The SMILES string of the molecule is O=c1cccnn1CCn1cc(-c2ccc(-n3nnc4cnc(NC5CCC(O)C5)nc43)cc2)cn1. The number of aromatic nitrogens is 9. The molecule has 0 spiro atoms. The monoisotopic (exact) mass is 484 g/mol. The fraction of sp³-hybridized carbons (Fsp3) is 0.292.